The number of ketones is 1. The molecule has 0 bridgehead atoms. The molecule has 168 valence electrons. The largest absolute Gasteiger partial charge is 0.383 e. The standard InChI is InChI=1S/C26H25BrN4O2/c27-20-8-6-18(7-9-20)24-21(16-28)26(29)31(30-10-12-33-13-11-30)22-14-19(15-23(32)25(22)24)17-4-2-1-3-5-17/h1-9,19,24H,10-15,29H2. The van der Waals surface area contributed by atoms with E-state index in [0.29, 0.717) is 56.1 Å². The molecule has 1 aliphatic carbocycles. The predicted octanol–water partition coefficient (Wildman–Crippen LogP) is 4.19. The molecule has 5 rings (SSSR count). The highest BCUT2D eigenvalue weighted by atomic mass is 79.9. The highest BCUT2D eigenvalue weighted by Gasteiger charge is 2.44. The van der Waals surface area contributed by atoms with Crippen molar-refractivity contribution in [1.29, 1.82) is 5.26 Å². The summed E-state index contributed by atoms with van der Waals surface area (Å²) in [6.07, 6.45) is 1.11. The lowest BCUT2D eigenvalue weighted by Crippen LogP contribution is -2.52. The van der Waals surface area contributed by atoms with Gasteiger partial charge in [-0.05, 0) is 35.6 Å². The average Bonchev–Trinajstić information content (AvgIpc) is 2.85. The average molecular weight is 505 g/mol. The zero-order chi connectivity index (χ0) is 22.9. The number of carbonyl (C=O) groups is 1. The molecule has 2 aliphatic heterocycles. The molecule has 0 spiro atoms. The number of ether oxygens (including phenoxy) is 1. The molecule has 33 heavy (non-hydrogen) atoms. The quantitative estimate of drug-likeness (QED) is 0.674. The Labute approximate surface area is 202 Å². The van der Waals surface area contributed by atoms with E-state index in [1.54, 1.807) is 0 Å². The minimum atomic E-state index is -0.459. The predicted molar refractivity (Wildman–Crippen MR) is 128 cm³/mol. The van der Waals surface area contributed by atoms with E-state index in [1.165, 1.54) is 0 Å². The van der Waals surface area contributed by atoms with Crippen LogP contribution in [-0.2, 0) is 9.53 Å². The van der Waals surface area contributed by atoms with Crippen LogP contribution in [0.4, 0.5) is 0 Å². The van der Waals surface area contributed by atoms with Crippen LogP contribution in [0.25, 0.3) is 0 Å². The number of morpholine rings is 1. The maximum atomic E-state index is 13.7. The molecule has 7 heteroatoms. The summed E-state index contributed by atoms with van der Waals surface area (Å²) in [6.45, 7) is 2.48. The molecule has 1 saturated heterocycles. The number of rotatable bonds is 3. The van der Waals surface area contributed by atoms with Crippen LogP contribution >= 0.6 is 15.9 Å². The van der Waals surface area contributed by atoms with Crippen molar-refractivity contribution < 1.29 is 9.53 Å². The van der Waals surface area contributed by atoms with E-state index in [9.17, 15) is 10.1 Å². The summed E-state index contributed by atoms with van der Waals surface area (Å²) >= 11 is 3.48. The number of nitriles is 1. The summed E-state index contributed by atoms with van der Waals surface area (Å²) in [6, 6.07) is 20.3. The van der Waals surface area contributed by atoms with Crippen LogP contribution in [0.2, 0.25) is 0 Å². The Bertz CT molecular complexity index is 1160. The molecule has 2 unspecified atom stereocenters. The normalized spacial score (nSPS) is 24.0. The van der Waals surface area contributed by atoms with Crippen molar-refractivity contribution >= 4 is 21.7 Å². The summed E-state index contributed by atoms with van der Waals surface area (Å²) in [4.78, 5) is 13.7. The molecule has 2 heterocycles. The first-order valence-electron chi connectivity index (χ1n) is 11.2. The number of benzene rings is 2. The van der Waals surface area contributed by atoms with Crippen molar-refractivity contribution in [3.05, 3.63) is 92.9 Å². The second-order valence-corrected chi connectivity index (χ2v) is 9.49. The van der Waals surface area contributed by atoms with Crippen LogP contribution in [0.3, 0.4) is 0 Å². The van der Waals surface area contributed by atoms with Crippen molar-refractivity contribution in [3.63, 3.8) is 0 Å². The second kappa shape index (κ2) is 9.14. The minimum absolute atomic E-state index is 0.0722. The lowest BCUT2D eigenvalue weighted by atomic mass is 9.72. The number of halogens is 1. The smallest absolute Gasteiger partial charge is 0.162 e. The van der Waals surface area contributed by atoms with Gasteiger partial charge in [0.15, 0.2) is 5.78 Å². The number of Topliss-reactive ketones (excluding diaryl/α,β-unsaturated/α-hetero) is 1. The Morgan fingerprint density at radius 1 is 1.00 bits per heavy atom. The van der Waals surface area contributed by atoms with Crippen molar-refractivity contribution in [3.8, 4) is 6.07 Å². The number of allylic oxidation sites excluding steroid dienone is 3. The van der Waals surface area contributed by atoms with E-state index in [-0.39, 0.29) is 11.7 Å². The molecule has 0 radical (unpaired) electrons. The van der Waals surface area contributed by atoms with Gasteiger partial charge in [-0.25, -0.2) is 5.01 Å². The van der Waals surface area contributed by atoms with Gasteiger partial charge in [-0.2, -0.15) is 5.26 Å². The third-order valence-corrected chi connectivity index (χ3v) is 7.21. The Balaban J connectivity index is 1.66. The fourth-order valence-electron chi connectivity index (χ4n) is 5.14. The lowest BCUT2D eigenvalue weighted by molar-refractivity contribution is -0.117. The van der Waals surface area contributed by atoms with Crippen LogP contribution in [0.5, 0.6) is 0 Å². The van der Waals surface area contributed by atoms with Crippen molar-refractivity contribution in [2.45, 2.75) is 24.7 Å². The first kappa shape index (κ1) is 21.9. The molecule has 2 aromatic rings. The van der Waals surface area contributed by atoms with E-state index < -0.39 is 5.92 Å². The maximum Gasteiger partial charge on any atom is 0.162 e. The zero-order valence-corrected chi connectivity index (χ0v) is 19.8. The minimum Gasteiger partial charge on any atom is -0.383 e. The highest BCUT2D eigenvalue weighted by molar-refractivity contribution is 9.10. The Morgan fingerprint density at radius 3 is 2.36 bits per heavy atom. The number of carbonyl (C=O) groups excluding carboxylic acids is 1. The Hall–Kier alpha value is -2.92. The molecule has 2 atom stereocenters. The molecule has 1 fully saturated rings. The molecule has 0 amide bonds. The molecule has 2 N–H and O–H groups in total. The van der Waals surface area contributed by atoms with Gasteiger partial charge in [-0.15, -0.1) is 0 Å². The van der Waals surface area contributed by atoms with Crippen LogP contribution in [-0.4, -0.2) is 42.1 Å². The van der Waals surface area contributed by atoms with Gasteiger partial charge >= 0.3 is 0 Å². The van der Waals surface area contributed by atoms with Gasteiger partial charge in [0.2, 0.25) is 0 Å². The number of hydrazine groups is 1. The van der Waals surface area contributed by atoms with Gasteiger partial charge in [0.05, 0.1) is 30.8 Å². The van der Waals surface area contributed by atoms with Crippen LogP contribution in [0.15, 0.2) is 81.7 Å². The maximum absolute atomic E-state index is 13.7. The molecule has 0 saturated carbocycles. The Kier molecular flexibility index (Phi) is 6.07. The first-order valence-corrected chi connectivity index (χ1v) is 12.0. The van der Waals surface area contributed by atoms with Gasteiger partial charge in [-0.3, -0.25) is 9.80 Å². The molecule has 0 aromatic heterocycles. The zero-order valence-electron chi connectivity index (χ0n) is 18.2. The van der Waals surface area contributed by atoms with Crippen molar-refractivity contribution in [2.24, 2.45) is 5.73 Å². The topological polar surface area (TPSA) is 82.6 Å². The van der Waals surface area contributed by atoms with Gasteiger partial charge in [0, 0.05) is 35.3 Å². The number of hydrogen-bond donors (Lipinski definition) is 1. The van der Waals surface area contributed by atoms with Gasteiger partial charge < -0.3 is 10.5 Å². The first-order chi connectivity index (χ1) is 16.1. The number of hydrogen-bond acceptors (Lipinski definition) is 6. The van der Waals surface area contributed by atoms with Crippen LogP contribution in [0, 0.1) is 11.3 Å². The Morgan fingerprint density at radius 2 is 1.70 bits per heavy atom. The van der Waals surface area contributed by atoms with Crippen molar-refractivity contribution in [2.75, 3.05) is 26.3 Å². The van der Waals surface area contributed by atoms with Gasteiger partial charge in [0.25, 0.3) is 0 Å². The fourth-order valence-corrected chi connectivity index (χ4v) is 5.40. The SMILES string of the molecule is N#CC1=C(N)N(N2CCOCC2)C2=C(C(=O)CC(c3ccccc3)C2)C1c1ccc(Br)cc1. The summed E-state index contributed by atoms with van der Waals surface area (Å²) in [5.74, 6) is 0.103. The molecule has 6 nitrogen and oxygen atoms in total. The molecule has 2 aromatic carbocycles. The molecule has 3 aliphatic rings. The van der Waals surface area contributed by atoms with E-state index >= 15 is 0 Å². The van der Waals surface area contributed by atoms with E-state index in [2.05, 4.69) is 39.1 Å². The summed E-state index contributed by atoms with van der Waals surface area (Å²) < 4.78 is 6.50. The van der Waals surface area contributed by atoms with Crippen molar-refractivity contribution in [1.82, 2.24) is 10.0 Å². The third kappa shape index (κ3) is 3.99. The fraction of sp³-hybridized carbons (Fsp3) is 0.308. The third-order valence-electron chi connectivity index (χ3n) is 6.69. The highest BCUT2D eigenvalue weighted by Crippen LogP contribution is 2.48. The lowest BCUT2D eigenvalue weighted by Gasteiger charge is -2.47. The van der Waals surface area contributed by atoms with E-state index in [0.717, 1.165) is 21.3 Å². The van der Waals surface area contributed by atoms with E-state index in [4.69, 9.17) is 10.5 Å². The van der Waals surface area contributed by atoms with E-state index in [1.807, 2.05) is 47.5 Å². The van der Waals surface area contributed by atoms with Gasteiger partial charge in [0.1, 0.15) is 5.82 Å². The number of nitrogens with zero attached hydrogens (tertiary/aromatic N) is 3. The second-order valence-electron chi connectivity index (χ2n) is 8.57. The van der Waals surface area contributed by atoms with Gasteiger partial charge in [-0.1, -0.05) is 58.4 Å². The summed E-state index contributed by atoms with van der Waals surface area (Å²) in [7, 11) is 0. The van der Waals surface area contributed by atoms with Crippen LogP contribution < -0.4 is 5.73 Å². The molecular formula is C26H25BrN4O2. The number of nitrogens with two attached hydrogens (primary N) is 1. The molecular weight excluding hydrogens is 480 g/mol. The monoisotopic (exact) mass is 504 g/mol. The van der Waals surface area contributed by atoms with Crippen LogP contribution in [0.1, 0.15) is 35.8 Å². The summed E-state index contributed by atoms with van der Waals surface area (Å²) in [5.41, 5.74) is 10.8. The summed E-state index contributed by atoms with van der Waals surface area (Å²) in [5, 5.41) is 14.2.